The van der Waals surface area contributed by atoms with Crippen LogP contribution in [0.15, 0.2) is 40.8 Å². The maximum absolute atomic E-state index is 10.6. The van der Waals surface area contributed by atoms with Gasteiger partial charge in [0.2, 0.25) is 0 Å². The highest BCUT2D eigenvalue weighted by Gasteiger charge is 1.98. The Balaban J connectivity index is 1.96. The summed E-state index contributed by atoms with van der Waals surface area (Å²) in [5, 5.41) is 8.72. The summed E-state index contributed by atoms with van der Waals surface area (Å²) in [5.74, 6) is -0.805. The van der Waals surface area contributed by atoms with Crippen molar-refractivity contribution in [2.75, 3.05) is 0 Å². The third-order valence-corrected chi connectivity index (χ3v) is 3.94. The summed E-state index contributed by atoms with van der Waals surface area (Å²) in [6, 6.07) is 8.40. The molecule has 0 aliphatic heterocycles. The Morgan fingerprint density at radius 1 is 1.05 bits per heavy atom. The molecular weight excluding hydrogens is 280 g/mol. The van der Waals surface area contributed by atoms with Crippen molar-refractivity contribution in [1.29, 1.82) is 0 Å². The van der Waals surface area contributed by atoms with Gasteiger partial charge in [0.25, 0.3) is 0 Å². The van der Waals surface area contributed by atoms with E-state index in [0.29, 0.717) is 5.57 Å². The number of allylic oxidation sites excluding steroid dienone is 1. The molecule has 1 aromatic rings. The van der Waals surface area contributed by atoms with Crippen LogP contribution >= 0.6 is 12.6 Å². The first-order valence-corrected chi connectivity index (χ1v) is 8.22. The van der Waals surface area contributed by atoms with Crippen molar-refractivity contribution in [2.24, 2.45) is 0 Å². The van der Waals surface area contributed by atoms with Crippen molar-refractivity contribution in [2.45, 2.75) is 63.2 Å². The van der Waals surface area contributed by atoms with E-state index < -0.39 is 5.97 Å². The standard InChI is InChI=1S/C18H26O2S/c1-15(18(19)20)9-7-5-3-2-4-6-8-10-16-11-13-17(21)14-12-16/h9,11-14,21H,2-8,10H2,1H3,(H,19,20)/b15-9+. The molecule has 0 saturated carbocycles. The van der Waals surface area contributed by atoms with Crippen molar-refractivity contribution in [1.82, 2.24) is 0 Å². The Kier molecular flexibility index (Phi) is 8.91. The summed E-state index contributed by atoms with van der Waals surface area (Å²) < 4.78 is 0. The van der Waals surface area contributed by atoms with Gasteiger partial charge >= 0.3 is 5.97 Å². The fraction of sp³-hybridized carbons (Fsp3) is 0.500. The van der Waals surface area contributed by atoms with Crippen molar-refractivity contribution < 1.29 is 9.90 Å². The lowest BCUT2D eigenvalue weighted by Gasteiger charge is -2.03. The monoisotopic (exact) mass is 306 g/mol. The van der Waals surface area contributed by atoms with Gasteiger partial charge < -0.3 is 5.11 Å². The van der Waals surface area contributed by atoms with Gasteiger partial charge in [0.15, 0.2) is 0 Å². The second-order valence-corrected chi connectivity index (χ2v) is 6.04. The van der Waals surface area contributed by atoms with Gasteiger partial charge in [0, 0.05) is 10.5 Å². The molecule has 0 unspecified atom stereocenters. The summed E-state index contributed by atoms with van der Waals surface area (Å²) in [5.41, 5.74) is 1.85. The first kappa shape index (κ1) is 17.8. The number of carbonyl (C=O) groups is 1. The summed E-state index contributed by atoms with van der Waals surface area (Å²) >= 11 is 4.28. The molecule has 0 aliphatic carbocycles. The number of carboxylic acid groups (broad SMARTS) is 1. The molecular formula is C18H26O2S. The number of unbranched alkanes of at least 4 members (excludes halogenated alkanes) is 6. The normalized spacial score (nSPS) is 11.6. The maximum atomic E-state index is 10.6. The van der Waals surface area contributed by atoms with Crippen LogP contribution in [0.1, 0.15) is 57.4 Å². The quantitative estimate of drug-likeness (QED) is 0.350. The Labute approximate surface area is 133 Å². The van der Waals surface area contributed by atoms with Crippen LogP contribution in [0.4, 0.5) is 0 Å². The SMILES string of the molecule is C/C(=C\CCCCCCCCc1ccc(S)cc1)C(=O)O. The molecule has 1 rings (SSSR count). The zero-order chi connectivity index (χ0) is 15.5. The number of rotatable bonds is 10. The lowest BCUT2D eigenvalue weighted by atomic mass is 10.0. The third-order valence-electron chi connectivity index (χ3n) is 3.64. The Morgan fingerprint density at radius 2 is 1.62 bits per heavy atom. The van der Waals surface area contributed by atoms with E-state index in [1.807, 2.05) is 18.2 Å². The van der Waals surface area contributed by atoms with Gasteiger partial charge in [0.1, 0.15) is 0 Å². The van der Waals surface area contributed by atoms with Gasteiger partial charge in [-0.15, -0.1) is 12.6 Å². The van der Waals surface area contributed by atoms with Crippen molar-refractivity contribution >= 4 is 18.6 Å². The lowest BCUT2D eigenvalue weighted by Crippen LogP contribution is -1.95. The largest absolute Gasteiger partial charge is 0.478 e. The van der Waals surface area contributed by atoms with Crippen molar-refractivity contribution in [3.05, 3.63) is 41.5 Å². The molecule has 0 radical (unpaired) electrons. The second-order valence-electron chi connectivity index (χ2n) is 5.52. The molecule has 3 heteroatoms. The van der Waals surface area contributed by atoms with Gasteiger partial charge in [-0.25, -0.2) is 4.79 Å². The van der Waals surface area contributed by atoms with Gasteiger partial charge in [-0.2, -0.15) is 0 Å². The molecule has 0 aliphatic rings. The van der Waals surface area contributed by atoms with E-state index in [9.17, 15) is 4.79 Å². The number of benzene rings is 1. The van der Waals surface area contributed by atoms with E-state index in [-0.39, 0.29) is 0 Å². The van der Waals surface area contributed by atoms with E-state index in [4.69, 9.17) is 5.11 Å². The second kappa shape index (κ2) is 10.5. The van der Waals surface area contributed by atoms with Crippen LogP contribution in [0.25, 0.3) is 0 Å². The number of aliphatic carboxylic acids is 1. The van der Waals surface area contributed by atoms with Crippen molar-refractivity contribution in [3.8, 4) is 0 Å². The molecule has 0 atom stereocenters. The van der Waals surface area contributed by atoms with Crippen LogP contribution in [-0.4, -0.2) is 11.1 Å². The summed E-state index contributed by atoms with van der Waals surface area (Å²) in [7, 11) is 0. The van der Waals surface area contributed by atoms with Crippen LogP contribution in [0, 0.1) is 0 Å². The number of carboxylic acids is 1. The fourth-order valence-corrected chi connectivity index (χ4v) is 2.40. The van der Waals surface area contributed by atoms with E-state index in [2.05, 4.69) is 24.8 Å². The minimum Gasteiger partial charge on any atom is -0.478 e. The first-order chi connectivity index (χ1) is 10.1. The zero-order valence-corrected chi connectivity index (χ0v) is 13.7. The van der Waals surface area contributed by atoms with Crippen LogP contribution in [0.5, 0.6) is 0 Å². The predicted molar refractivity (Wildman–Crippen MR) is 91.1 cm³/mol. The van der Waals surface area contributed by atoms with Crippen LogP contribution < -0.4 is 0 Å². The van der Waals surface area contributed by atoms with Crippen LogP contribution in [0.2, 0.25) is 0 Å². The molecule has 21 heavy (non-hydrogen) atoms. The van der Waals surface area contributed by atoms with Gasteiger partial charge in [0.05, 0.1) is 0 Å². The molecule has 0 amide bonds. The fourth-order valence-electron chi connectivity index (χ4n) is 2.25. The smallest absolute Gasteiger partial charge is 0.330 e. The molecule has 0 spiro atoms. The minimum atomic E-state index is -0.805. The molecule has 0 heterocycles. The number of hydrogen-bond acceptors (Lipinski definition) is 2. The van der Waals surface area contributed by atoms with Crippen molar-refractivity contribution in [3.63, 3.8) is 0 Å². The highest BCUT2D eigenvalue weighted by atomic mass is 32.1. The molecule has 0 bridgehead atoms. The Hall–Kier alpha value is -1.22. The van der Waals surface area contributed by atoms with Gasteiger partial charge in [-0.1, -0.05) is 43.9 Å². The zero-order valence-electron chi connectivity index (χ0n) is 12.8. The summed E-state index contributed by atoms with van der Waals surface area (Å²) in [4.78, 5) is 11.6. The molecule has 1 aromatic carbocycles. The number of thiol groups is 1. The first-order valence-electron chi connectivity index (χ1n) is 7.77. The third kappa shape index (κ3) is 8.61. The van der Waals surface area contributed by atoms with E-state index >= 15 is 0 Å². The highest BCUT2D eigenvalue weighted by molar-refractivity contribution is 7.80. The molecule has 0 fully saturated rings. The Bertz CT molecular complexity index is 449. The highest BCUT2D eigenvalue weighted by Crippen LogP contribution is 2.13. The van der Waals surface area contributed by atoms with Gasteiger partial charge in [-0.05, 0) is 50.3 Å². The lowest BCUT2D eigenvalue weighted by molar-refractivity contribution is -0.132. The van der Waals surface area contributed by atoms with Gasteiger partial charge in [-0.3, -0.25) is 0 Å². The molecule has 2 nitrogen and oxygen atoms in total. The van der Waals surface area contributed by atoms with Crippen LogP contribution in [0.3, 0.4) is 0 Å². The number of hydrogen-bond donors (Lipinski definition) is 2. The van der Waals surface area contributed by atoms with E-state index in [1.54, 1.807) is 6.92 Å². The topological polar surface area (TPSA) is 37.3 Å². The minimum absolute atomic E-state index is 0.460. The average molecular weight is 306 g/mol. The molecule has 116 valence electrons. The summed E-state index contributed by atoms with van der Waals surface area (Å²) in [6.07, 6.45) is 11.2. The molecule has 0 saturated heterocycles. The van der Waals surface area contributed by atoms with E-state index in [1.165, 1.54) is 37.7 Å². The Morgan fingerprint density at radius 3 is 2.24 bits per heavy atom. The summed E-state index contributed by atoms with van der Waals surface area (Å²) in [6.45, 7) is 1.66. The average Bonchev–Trinajstić information content (AvgIpc) is 2.47. The predicted octanol–water partition coefficient (Wildman–Crippen LogP) is 5.28. The van der Waals surface area contributed by atoms with E-state index in [0.717, 1.165) is 24.2 Å². The maximum Gasteiger partial charge on any atom is 0.330 e. The molecule has 1 N–H and O–H groups in total. The van der Waals surface area contributed by atoms with Crippen LogP contribution in [-0.2, 0) is 11.2 Å². The molecule has 0 aromatic heterocycles. The number of aryl methyl sites for hydroxylation is 1.